The number of allylic oxidation sites excluding steroid dienone is 10. The van der Waals surface area contributed by atoms with E-state index in [0.717, 1.165) is 70.6 Å². The molecule has 264 valence electrons. The fraction of sp³-hybridized carbons (Fsp3) is 0.676. The molecule has 0 radical (unpaired) electrons. The molecule has 0 bridgehead atoms. The number of phosphoric ester groups is 1. The van der Waals surface area contributed by atoms with Crippen LogP contribution in [0.3, 0.4) is 0 Å². The van der Waals surface area contributed by atoms with Gasteiger partial charge in [0.25, 0.3) is 0 Å². The van der Waals surface area contributed by atoms with Crippen LogP contribution in [0.5, 0.6) is 0 Å². The second-order valence-corrected chi connectivity index (χ2v) is 12.8. The summed E-state index contributed by atoms with van der Waals surface area (Å²) in [5, 5.41) is 0. The summed E-state index contributed by atoms with van der Waals surface area (Å²) in [5.74, 6) is -0.929. The standard InChI is InChI=1S/C37H63O8P/c1-3-5-7-9-11-13-15-17-18-20-22-24-26-28-30-32-37(39)45-35(34-44-46(40,41)42)33-43-36(38)31-29-27-25-23-21-19-16-14-12-10-8-6-4-2/h5,7,9,11,13-18,35H,3-4,6,8,10,12,19-34H2,1-2H3,(H2,40,41,42)/b7-5+,11-9+,15-13+,16-14+,18-17+/t35-/m1/s1. The van der Waals surface area contributed by atoms with Crippen molar-refractivity contribution in [3.63, 3.8) is 0 Å². The summed E-state index contributed by atoms with van der Waals surface area (Å²) in [4.78, 5) is 42.6. The average Bonchev–Trinajstić information content (AvgIpc) is 3.02. The lowest BCUT2D eigenvalue weighted by atomic mass is 10.1. The van der Waals surface area contributed by atoms with Gasteiger partial charge in [-0.2, -0.15) is 0 Å². The first-order valence-corrected chi connectivity index (χ1v) is 19.2. The third kappa shape index (κ3) is 34.6. The van der Waals surface area contributed by atoms with Crippen LogP contribution in [0.2, 0.25) is 0 Å². The van der Waals surface area contributed by atoms with E-state index in [1.807, 2.05) is 36.5 Å². The first kappa shape index (κ1) is 43.8. The van der Waals surface area contributed by atoms with Gasteiger partial charge in [0.2, 0.25) is 0 Å². The maximum atomic E-state index is 12.3. The van der Waals surface area contributed by atoms with Gasteiger partial charge in [0.1, 0.15) is 6.61 Å². The molecule has 0 amide bonds. The summed E-state index contributed by atoms with van der Waals surface area (Å²) < 4.78 is 26.2. The molecule has 0 aliphatic heterocycles. The van der Waals surface area contributed by atoms with Gasteiger partial charge in [-0.25, -0.2) is 4.57 Å². The minimum absolute atomic E-state index is 0.181. The molecule has 8 nitrogen and oxygen atoms in total. The van der Waals surface area contributed by atoms with Gasteiger partial charge in [0.05, 0.1) is 6.61 Å². The molecule has 1 atom stereocenters. The first-order chi connectivity index (χ1) is 22.3. The molecule has 0 aromatic carbocycles. The third-order valence-corrected chi connectivity index (χ3v) is 7.60. The molecule has 0 unspecified atom stereocenters. The molecule has 0 aliphatic carbocycles. The van der Waals surface area contributed by atoms with E-state index in [1.54, 1.807) is 0 Å². The lowest BCUT2D eigenvalue weighted by Crippen LogP contribution is -2.29. The Morgan fingerprint density at radius 1 is 0.587 bits per heavy atom. The fourth-order valence-electron chi connectivity index (χ4n) is 4.49. The summed E-state index contributed by atoms with van der Waals surface area (Å²) in [6, 6.07) is 0. The third-order valence-electron chi connectivity index (χ3n) is 7.11. The molecule has 0 aliphatic rings. The summed E-state index contributed by atoms with van der Waals surface area (Å²) in [6.07, 6.45) is 39.4. The van der Waals surface area contributed by atoms with Gasteiger partial charge in [-0.1, -0.05) is 132 Å². The van der Waals surface area contributed by atoms with Crippen LogP contribution in [0.1, 0.15) is 142 Å². The Hall–Kier alpha value is -2.25. The molecular formula is C37H63O8P. The normalized spacial score (nSPS) is 13.2. The van der Waals surface area contributed by atoms with E-state index in [0.29, 0.717) is 12.8 Å². The van der Waals surface area contributed by atoms with Crippen molar-refractivity contribution in [2.75, 3.05) is 13.2 Å². The van der Waals surface area contributed by atoms with Crippen molar-refractivity contribution in [2.45, 2.75) is 148 Å². The summed E-state index contributed by atoms with van der Waals surface area (Å²) >= 11 is 0. The molecular weight excluding hydrogens is 603 g/mol. The van der Waals surface area contributed by atoms with Crippen LogP contribution in [-0.2, 0) is 28.2 Å². The van der Waals surface area contributed by atoms with Crippen molar-refractivity contribution in [1.29, 1.82) is 0 Å². The van der Waals surface area contributed by atoms with Gasteiger partial charge in [0.15, 0.2) is 6.10 Å². The second-order valence-electron chi connectivity index (χ2n) is 11.5. The Morgan fingerprint density at radius 3 is 1.63 bits per heavy atom. The van der Waals surface area contributed by atoms with E-state index in [4.69, 9.17) is 19.3 Å². The lowest BCUT2D eigenvalue weighted by molar-refractivity contribution is -0.161. The Kier molecular flexibility index (Phi) is 31.1. The van der Waals surface area contributed by atoms with Crippen LogP contribution in [0, 0.1) is 0 Å². The highest BCUT2D eigenvalue weighted by atomic mass is 31.2. The Morgan fingerprint density at radius 2 is 1.07 bits per heavy atom. The smallest absolute Gasteiger partial charge is 0.462 e. The number of carbonyl (C=O) groups is 2. The van der Waals surface area contributed by atoms with Crippen LogP contribution in [0.15, 0.2) is 60.8 Å². The highest BCUT2D eigenvalue weighted by Crippen LogP contribution is 2.35. The van der Waals surface area contributed by atoms with E-state index >= 15 is 0 Å². The highest BCUT2D eigenvalue weighted by molar-refractivity contribution is 7.46. The van der Waals surface area contributed by atoms with Crippen molar-refractivity contribution in [2.24, 2.45) is 0 Å². The predicted octanol–water partition coefficient (Wildman–Crippen LogP) is 10.2. The van der Waals surface area contributed by atoms with Crippen molar-refractivity contribution in [1.82, 2.24) is 0 Å². The molecule has 2 N–H and O–H groups in total. The molecule has 46 heavy (non-hydrogen) atoms. The molecule has 9 heteroatoms. The van der Waals surface area contributed by atoms with Gasteiger partial charge in [-0.3, -0.25) is 14.1 Å². The molecule has 0 aromatic rings. The Balaban J connectivity index is 4.08. The number of phosphoric acid groups is 1. The predicted molar refractivity (Wildman–Crippen MR) is 188 cm³/mol. The maximum Gasteiger partial charge on any atom is 0.469 e. The largest absolute Gasteiger partial charge is 0.469 e. The number of carbonyl (C=O) groups excluding carboxylic acids is 2. The van der Waals surface area contributed by atoms with Crippen molar-refractivity contribution >= 4 is 19.8 Å². The highest BCUT2D eigenvalue weighted by Gasteiger charge is 2.22. The van der Waals surface area contributed by atoms with E-state index < -0.39 is 32.5 Å². The van der Waals surface area contributed by atoms with Crippen molar-refractivity contribution < 1.29 is 37.9 Å². The van der Waals surface area contributed by atoms with Crippen LogP contribution in [-0.4, -0.2) is 41.0 Å². The molecule has 0 fully saturated rings. The number of hydrogen-bond acceptors (Lipinski definition) is 6. The van der Waals surface area contributed by atoms with Gasteiger partial charge in [-0.15, -0.1) is 0 Å². The van der Waals surface area contributed by atoms with Crippen molar-refractivity contribution in [3.8, 4) is 0 Å². The summed E-state index contributed by atoms with van der Waals surface area (Å²) in [5.41, 5.74) is 0. The van der Waals surface area contributed by atoms with E-state index in [2.05, 4.69) is 42.7 Å². The molecule has 0 saturated carbocycles. The number of rotatable bonds is 31. The summed E-state index contributed by atoms with van der Waals surface area (Å²) in [6.45, 7) is 3.47. The fourth-order valence-corrected chi connectivity index (χ4v) is 4.85. The number of esters is 2. The van der Waals surface area contributed by atoms with Gasteiger partial charge >= 0.3 is 19.8 Å². The molecule has 0 saturated heterocycles. The van der Waals surface area contributed by atoms with E-state index in [1.165, 1.54) is 32.1 Å². The lowest BCUT2D eigenvalue weighted by Gasteiger charge is -2.18. The zero-order valence-electron chi connectivity index (χ0n) is 28.7. The molecule has 0 spiro atoms. The van der Waals surface area contributed by atoms with Gasteiger partial charge in [0, 0.05) is 12.8 Å². The van der Waals surface area contributed by atoms with Crippen molar-refractivity contribution in [3.05, 3.63) is 60.8 Å². The van der Waals surface area contributed by atoms with Crippen LogP contribution < -0.4 is 0 Å². The first-order valence-electron chi connectivity index (χ1n) is 17.6. The van der Waals surface area contributed by atoms with Crippen LogP contribution >= 0.6 is 7.82 Å². The average molecular weight is 667 g/mol. The Labute approximate surface area is 279 Å². The maximum absolute atomic E-state index is 12.3. The monoisotopic (exact) mass is 666 g/mol. The minimum atomic E-state index is -4.76. The number of hydrogen-bond donors (Lipinski definition) is 2. The second kappa shape index (κ2) is 32.7. The van der Waals surface area contributed by atoms with Crippen LogP contribution in [0.4, 0.5) is 0 Å². The Bertz CT molecular complexity index is 932. The number of ether oxygens (including phenoxy) is 2. The van der Waals surface area contributed by atoms with E-state index in [9.17, 15) is 14.2 Å². The molecule has 0 aromatic heterocycles. The summed E-state index contributed by atoms with van der Waals surface area (Å²) in [7, 11) is -4.76. The van der Waals surface area contributed by atoms with Gasteiger partial charge in [-0.05, 0) is 57.8 Å². The zero-order valence-corrected chi connectivity index (χ0v) is 29.6. The minimum Gasteiger partial charge on any atom is -0.462 e. The number of unbranched alkanes of at least 4 members (excludes halogenated alkanes) is 14. The van der Waals surface area contributed by atoms with E-state index in [-0.39, 0.29) is 19.4 Å². The zero-order chi connectivity index (χ0) is 34.0. The molecule has 0 heterocycles. The topological polar surface area (TPSA) is 119 Å². The molecule has 0 rings (SSSR count). The quantitative estimate of drug-likeness (QED) is 0.0247. The van der Waals surface area contributed by atoms with Crippen LogP contribution in [0.25, 0.3) is 0 Å². The SMILES string of the molecule is CC/C=C/C=C/C=C/C=C/CCCCCCCC(=O)O[C@H](COC(=O)CCCCCCC/C=C/CCCCCC)COP(=O)(O)O. The van der Waals surface area contributed by atoms with Gasteiger partial charge < -0.3 is 19.3 Å².